The average Bonchev–Trinajstić information content (AvgIpc) is 2.37. The molecule has 1 aromatic rings. The van der Waals surface area contributed by atoms with E-state index >= 15 is 0 Å². The lowest BCUT2D eigenvalue weighted by Gasteiger charge is -2.39. The van der Waals surface area contributed by atoms with Crippen molar-refractivity contribution >= 4 is 25.2 Å². The van der Waals surface area contributed by atoms with E-state index in [1.807, 2.05) is 25.1 Å². The highest BCUT2D eigenvalue weighted by Crippen LogP contribution is 2.40. The molecule has 1 aromatic carbocycles. The Bertz CT molecular complexity index is 452. The minimum Gasteiger partial charge on any atom is -0.409 e. The fourth-order valence-electron chi connectivity index (χ4n) is 1.80. The molecule has 0 aromatic heterocycles. The van der Waals surface area contributed by atoms with E-state index in [2.05, 4.69) is 46.0 Å². The molecule has 0 amide bonds. The molecule has 0 radical (unpaired) electrons. The van der Waals surface area contributed by atoms with Crippen molar-refractivity contribution in [1.29, 1.82) is 0 Å². The molecule has 0 saturated carbocycles. The van der Waals surface area contributed by atoms with Crippen LogP contribution in [0, 0.1) is 0 Å². The van der Waals surface area contributed by atoms with Gasteiger partial charge in [-0.25, -0.2) is 0 Å². The summed E-state index contributed by atoms with van der Waals surface area (Å²) in [5.41, 5.74) is 1.10. The lowest BCUT2D eigenvalue weighted by atomic mass is 10.1. The predicted octanol–water partition coefficient (Wildman–Crippen LogP) is 5.42. The Kier molecular flexibility index (Phi) is 6.69. The highest BCUT2D eigenvalue weighted by molar-refractivity contribution is 8.13. The van der Waals surface area contributed by atoms with Gasteiger partial charge in [0.25, 0.3) is 0 Å². The van der Waals surface area contributed by atoms with Gasteiger partial charge in [-0.15, -0.1) is 0 Å². The number of hydrogen-bond acceptors (Lipinski definition) is 3. The molecule has 1 rings (SSSR count). The molecule has 0 aliphatic rings. The molecule has 0 N–H and O–H groups in total. The molecule has 0 aliphatic heterocycles. The van der Waals surface area contributed by atoms with Gasteiger partial charge in [0.2, 0.25) is 0 Å². The third-order valence-corrected chi connectivity index (χ3v) is 9.34. The summed E-state index contributed by atoms with van der Waals surface area (Å²) in [6, 6.07) is 10.1. The molecular weight excluding hydrogens is 296 g/mol. The van der Waals surface area contributed by atoms with E-state index in [0.29, 0.717) is 6.42 Å². The molecule has 2 nitrogen and oxygen atoms in total. The van der Waals surface area contributed by atoms with Crippen molar-refractivity contribution in [3.05, 3.63) is 35.9 Å². The fourth-order valence-corrected chi connectivity index (χ4v) is 3.67. The number of carbonyl (C=O) groups is 1. The standard InChI is InChI=1S/C17H28O2SSi/c1-7-20-16(18)13-15(14-11-9-8-10-12-14)19-21(5,6)17(2,3)4/h8-12,15H,7,13H2,1-6H3. The normalized spacial score (nSPS) is 14.0. The van der Waals surface area contributed by atoms with Crippen LogP contribution in [0.25, 0.3) is 0 Å². The second kappa shape index (κ2) is 7.61. The van der Waals surface area contributed by atoms with E-state index in [0.717, 1.165) is 11.3 Å². The zero-order valence-electron chi connectivity index (χ0n) is 14.1. The highest BCUT2D eigenvalue weighted by Gasteiger charge is 2.39. The topological polar surface area (TPSA) is 26.3 Å². The Hall–Kier alpha value is -0.583. The smallest absolute Gasteiger partial charge is 0.192 e. The van der Waals surface area contributed by atoms with Crippen molar-refractivity contribution in [3.63, 3.8) is 0 Å². The Morgan fingerprint density at radius 1 is 1.24 bits per heavy atom. The second-order valence-corrected chi connectivity index (χ2v) is 12.9. The van der Waals surface area contributed by atoms with Gasteiger partial charge in [-0.3, -0.25) is 4.79 Å². The first kappa shape index (κ1) is 18.5. The predicted molar refractivity (Wildman–Crippen MR) is 95.2 cm³/mol. The van der Waals surface area contributed by atoms with Crippen LogP contribution in [-0.4, -0.2) is 19.2 Å². The number of thioether (sulfide) groups is 1. The van der Waals surface area contributed by atoms with E-state index in [1.54, 1.807) is 0 Å². The molecule has 0 bridgehead atoms. The number of hydrogen-bond donors (Lipinski definition) is 0. The lowest BCUT2D eigenvalue weighted by Crippen LogP contribution is -2.42. The van der Waals surface area contributed by atoms with Crippen molar-refractivity contribution < 1.29 is 9.22 Å². The first-order valence-electron chi connectivity index (χ1n) is 7.56. The van der Waals surface area contributed by atoms with E-state index in [-0.39, 0.29) is 16.3 Å². The third-order valence-electron chi connectivity index (χ3n) is 4.07. The Morgan fingerprint density at radius 3 is 2.29 bits per heavy atom. The maximum absolute atomic E-state index is 12.1. The van der Waals surface area contributed by atoms with Crippen molar-refractivity contribution in [2.24, 2.45) is 0 Å². The van der Waals surface area contributed by atoms with Crippen LogP contribution in [0.4, 0.5) is 0 Å². The monoisotopic (exact) mass is 324 g/mol. The van der Waals surface area contributed by atoms with Crippen LogP contribution in [0.5, 0.6) is 0 Å². The SMILES string of the molecule is CCSC(=O)CC(O[Si](C)(C)C(C)(C)C)c1ccccc1. The fraction of sp³-hybridized carbons (Fsp3) is 0.588. The molecule has 0 spiro atoms. The Morgan fingerprint density at radius 2 is 1.81 bits per heavy atom. The van der Waals surface area contributed by atoms with Gasteiger partial charge in [0.15, 0.2) is 13.4 Å². The maximum atomic E-state index is 12.1. The maximum Gasteiger partial charge on any atom is 0.192 e. The van der Waals surface area contributed by atoms with Crippen LogP contribution in [0.3, 0.4) is 0 Å². The summed E-state index contributed by atoms with van der Waals surface area (Å²) >= 11 is 1.38. The Labute approximate surface area is 134 Å². The zero-order valence-corrected chi connectivity index (χ0v) is 15.9. The highest BCUT2D eigenvalue weighted by atomic mass is 32.2. The van der Waals surface area contributed by atoms with Crippen molar-refractivity contribution in [2.45, 2.75) is 58.4 Å². The summed E-state index contributed by atoms with van der Waals surface area (Å²) in [5, 5.41) is 0.353. The van der Waals surface area contributed by atoms with Gasteiger partial charge in [0, 0.05) is 6.42 Å². The largest absolute Gasteiger partial charge is 0.409 e. The van der Waals surface area contributed by atoms with Crippen molar-refractivity contribution in [2.75, 3.05) is 5.75 Å². The van der Waals surface area contributed by atoms with E-state index in [9.17, 15) is 4.79 Å². The van der Waals surface area contributed by atoms with Gasteiger partial charge < -0.3 is 4.43 Å². The van der Waals surface area contributed by atoms with E-state index < -0.39 is 8.32 Å². The molecule has 4 heteroatoms. The van der Waals surface area contributed by atoms with Gasteiger partial charge in [0.05, 0.1) is 6.10 Å². The van der Waals surface area contributed by atoms with Gasteiger partial charge in [-0.1, -0.05) is 69.8 Å². The molecule has 1 unspecified atom stereocenters. The molecule has 0 heterocycles. The van der Waals surface area contributed by atoms with Crippen LogP contribution < -0.4 is 0 Å². The number of rotatable bonds is 6. The van der Waals surface area contributed by atoms with Crippen LogP contribution in [0.15, 0.2) is 30.3 Å². The summed E-state index contributed by atoms with van der Waals surface area (Å²) in [6.45, 7) is 13.2. The van der Waals surface area contributed by atoms with Crippen molar-refractivity contribution in [1.82, 2.24) is 0 Å². The average molecular weight is 325 g/mol. The first-order chi connectivity index (χ1) is 9.67. The van der Waals surface area contributed by atoms with Gasteiger partial charge in [-0.05, 0) is 29.4 Å². The number of carbonyl (C=O) groups excluding carboxylic acids is 1. The summed E-state index contributed by atoms with van der Waals surface area (Å²) in [5.74, 6) is 0.820. The van der Waals surface area contributed by atoms with Crippen LogP contribution in [0.1, 0.15) is 45.8 Å². The summed E-state index contributed by atoms with van der Waals surface area (Å²) < 4.78 is 6.51. The lowest BCUT2D eigenvalue weighted by molar-refractivity contribution is -0.112. The van der Waals surface area contributed by atoms with Gasteiger partial charge >= 0.3 is 0 Å². The van der Waals surface area contributed by atoms with Crippen LogP contribution >= 0.6 is 11.8 Å². The molecule has 0 saturated heterocycles. The van der Waals surface area contributed by atoms with Gasteiger partial charge in [0.1, 0.15) is 0 Å². The molecular formula is C17H28O2SSi. The second-order valence-electron chi connectivity index (χ2n) is 6.79. The van der Waals surface area contributed by atoms with Gasteiger partial charge in [-0.2, -0.15) is 0 Å². The van der Waals surface area contributed by atoms with Crippen LogP contribution in [-0.2, 0) is 9.22 Å². The van der Waals surface area contributed by atoms with E-state index in [1.165, 1.54) is 11.8 Å². The minimum atomic E-state index is -1.90. The third kappa shape index (κ3) is 5.61. The zero-order chi connectivity index (χ0) is 16.1. The van der Waals surface area contributed by atoms with Crippen molar-refractivity contribution in [3.8, 4) is 0 Å². The molecule has 118 valence electrons. The molecule has 0 aliphatic carbocycles. The summed E-state index contributed by atoms with van der Waals surface area (Å²) in [7, 11) is -1.90. The summed E-state index contributed by atoms with van der Waals surface area (Å²) in [4.78, 5) is 12.1. The quantitative estimate of drug-likeness (QED) is 0.654. The van der Waals surface area contributed by atoms with Crippen LogP contribution in [0.2, 0.25) is 18.1 Å². The molecule has 0 fully saturated rings. The molecule has 1 atom stereocenters. The first-order valence-corrected chi connectivity index (χ1v) is 11.4. The molecule has 21 heavy (non-hydrogen) atoms. The Balaban J connectivity index is 2.95. The minimum absolute atomic E-state index is 0.126. The van der Waals surface area contributed by atoms with E-state index in [4.69, 9.17) is 4.43 Å². The number of benzene rings is 1. The summed E-state index contributed by atoms with van der Waals surface area (Å²) in [6.07, 6.45) is 0.327.